The van der Waals surface area contributed by atoms with Crippen LogP contribution in [0.15, 0.2) is 22.9 Å². The summed E-state index contributed by atoms with van der Waals surface area (Å²) in [6.07, 6.45) is -1.91. The van der Waals surface area contributed by atoms with Gasteiger partial charge in [-0.1, -0.05) is 6.08 Å². The van der Waals surface area contributed by atoms with Gasteiger partial charge < -0.3 is 0 Å². The summed E-state index contributed by atoms with van der Waals surface area (Å²) in [5, 5.41) is 2.15. The molecule has 76 valence electrons. The van der Waals surface area contributed by atoms with Gasteiger partial charge in [-0.3, -0.25) is 4.79 Å². The van der Waals surface area contributed by atoms with Crippen molar-refractivity contribution in [3.8, 4) is 0 Å². The summed E-state index contributed by atoms with van der Waals surface area (Å²) in [6.45, 7) is 1.58. The van der Waals surface area contributed by atoms with E-state index >= 15 is 0 Å². The first-order chi connectivity index (χ1) is 6.46. The summed E-state index contributed by atoms with van der Waals surface area (Å²) >= 11 is 0.873. The zero-order valence-electron chi connectivity index (χ0n) is 7.26. The molecule has 0 N–H and O–H groups in total. The monoisotopic (exact) mass is 220 g/mol. The zero-order valence-corrected chi connectivity index (χ0v) is 8.08. The third-order valence-electron chi connectivity index (χ3n) is 1.55. The standard InChI is InChI=1S/C9H7F3OS/c1-2-3-8(13)6-4-14-5-7(6)9(10,11)12/h2-5H,1H3/b3-2+. The number of rotatable bonds is 2. The highest BCUT2D eigenvalue weighted by Crippen LogP contribution is 2.34. The molecule has 0 aliphatic heterocycles. The van der Waals surface area contributed by atoms with Crippen molar-refractivity contribution in [3.05, 3.63) is 34.0 Å². The molecule has 0 atom stereocenters. The highest BCUT2D eigenvalue weighted by atomic mass is 32.1. The minimum Gasteiger partial charge on any atom is -0.289 e. The minimum atomic E-state index is -4.45. The Morgan fingerprint density at radius 3 is 2.57 bits per heavy atom. The maximum atomic E-state index is 12.3. The van der Waals surface area contributed by atoms with E-state index in [-0.39, 0.29) is 5.56 Å². The van der Waals surface area contributed by atoms with Gasteiger partial charge in [-0.25, -0.2) is 0 Å². The second-order valence-electron chi connectivity index (χ2n) is 2.56. The average Bonchev–Trinajstić information content (AvgIpc) is 2.50. The van der Waals surface area contributed by atoms with Crippen molar-refractivity contribution >= 4 is 17.1 Å². The zero-order chi connectivity index (χ0) is 10.8. The van der Waals surface area contributed by atoms with Crippen LogP contribution in [0.4, 0.5) is 13.2 Å². The number of carbonyl (C=O) groups excluding carboxylic acids is 1. The van der Waals surface area contributed by atoms with Crippen molar-refractivity contribution in [3.63, 3.8) is 0 Å². The smallest absolute Gasteiger partial charge is 0.289 e. The van der Waals surface area contributed by atoms with E-state index in [1.54, 1.807) is 6.92 Å². The van der Waals surface area contributed by atoms with E-state index < -0.39 is 17.5 Å². The summed E-state index contributed by atoms with van der Waals surface area (Å²) in [5.41, 5.74) is -1.13. The van der Waals surface area contributed by atoms with Gasteiger partial charge in [0.05, 0.1) is 5.56 Å². The van der Waals surface area contributed by atoms with Crippen LogP contribution in [-0.4, -0.2) is 5.78 Å². The van der Waals surface area contributed by atoms with Gasteiger partial charge in [-0.15, -0.1) is 0 Å². The number of allylic oxidation sites excluding steroid dienone is 2. The third kappa shape index (κ3) is 2.23. The normalized spacial score (nSPS) is 12.3. The van der Waals surface area contributed by atoms with Crippen molar-refractivity contribution in [2.45, 2.75) is 13.1 Å². The molecule has 0 unspecified atom stereocenters. The maximum absolute atomic E-state index is 12.3. The molecule has 5 heteroatoms. The number of ketones is 1. The second-order valence-corrected chi connectivity index (χ2v) is 3.30. The van der Waals surface area contributed by atoms with Crippen LogP contribution in [0.5, 0.6) is 0 Å². The lowest BCUT2D eigenvalue weighted by Crippen LogP contribution is -2.09. The van der Waals surface area contributed by atoms with E-state index in [9.17, 15) is 18.0 Å². The fraction of sp³-hybridized carbons (Fsp3) is 0.222. The van der Waals surface area contributed by atoms with Crippen molar-refractivity contribution in [1.82, 2.24) is 0 Å². The Morgan fingerprint density at radius 1 is 1.43 bits per heavy atom. The minimum absolute atomic E-state index is 0.277. The predicted molar refractivity (Wildman–Crippen MR) is 48.5 cm³/mol. The van der Waals surface area contributed by atoms with Crippen molar-refractivity contribution in [2.24, 2.45) is 0 Å². The molecule has 0 spiro atoms. The van der Waals surface area contributed by atoms with Crippen molar-refractivity contribution < 1.29 is 18.0 Å². The fourth-order valence-electron chi connectivity index (χ4n) is 0.949. The Kier molecular flexibility index (Phi) is 3.10. The van der Waals surface area contributed by atoms with Gasteiger partial charge in [-0.2, -0.15) is 24.5 Å². The van der Waals surface area contributed by atoms with Crippen LogP contribution in [0.25, 0.3) is 0 Å². The molecule has 0 aliphatic rings. The van der Waals surface area contributed by atoms with E-state index in [1.807, 2.05) is 0 Å². The van der Waals surface area contributed by atoms with Crippen LogP contribution in [0, 0.1) is 0 Å². The molecule has 1 aromatic rings. The summed E-state index contributed by atoms with van der Waals surface area (Å²) in [4.78, 5) is 11.2. The van der Waals surface area contributed by atoms with Gasteiger partial charge in [0.15, 0.2) is 5.78 Å². The van der Waals surface area contributed by atoms with Crippen molar-refractivity contribution in [2.75, 3.05) is 0 Å². The Balaban J connectivity index is 3.11. The molecule has 0 saturated carbocycles. The number of halogens is 3. The van der Waals surface area contributed by atoms with E-state index in [1.165, 1.54) is 11.5 Å². The van der Waals surface area contributed by atoms with Crippen LogP contribution < -0.4 is 0 Å². The average molecular weight is 220 g/mol. The molecule has 1 nitrogen and oxygen atoms in total. The summed E-state index contributed by atoms with van der Waals surface area (Å²) in [6, 6.07) is 0. The molecule has 0 saturated heterocycles. The summed E-state index contributed by atoms with van der Waals surface area (Å²) in [5.74, 6) is -0.610. The molecule has 0 radical (unpaired) electrons. The molecule has 0 aliphatic carbocycles. The summed E-state index contributed by atoms with van der Waals surface area (Å²) in [7, 11) is 0. The van der Waals surface area contributed by atoms with Crippen LogP contribution in [0.1, 0.15) is 22.8 Å². The summed E-state index contributed by atoms with van der Waals surface area (Å²) < 4.78 is 36.9. The van der Waals surface area contributed by atoms with Crippen LogP contribution in [-0.2, 0) is 6.18 Å². The van der Waals surface area contributed by atoms with Gasteiger partial charge >= 0.3 is 6.18 Å². The number of hydrogen-bond donors (Lipinski definition) is 0. The lowest BCUT2D eigenvalue weighted by atomic mass is 10.1. The van der Waals surface area contributed by atoms with Crippen molar-refractivity contribution in [1.29, 1.82) is 0 Å². The molecule has 0 bridgehead atoms. The second kappa shape index (κ2) is 3.96. The molecule has 14 heavy (non-hydrogen) atoms. The Bertz CT molecular complexity index is 362. The Morgan fingerprint density at radius 2 is 2.07 bits per heavy atom. The van der Waals surface area contributed by atoms with Crippen LogP contribution in [0.2, 0.25) is 0 Å². The number of carbonyl (C=O) groups is 1. The lowest BCUT2D eigenvalue weighted by Gasteiger charge is -2.05. The Hall–Kier alpha value is -1.10. The molecule has 1 rings (SSSR count). The highest BCUT2D eigenvalue weighted by molar-refractivity contribution is 7.08. The quantitative estimate of drug-likeness (QED) is 0.550. The van der Waals surface area contributed by atoms with Gasteiger partial charge in [0.25, 0.3) is 0 Å². The van der Waals surface area contributed by atoms with Gasteiger partial charge in [0.1, 0.15) is 0 Å². The number of hydrogen-bond acceptors (Lipinski definition) is 2. The lowest BCUT2D eigenvalue weighted by molar-refractivity contribution is -0.137. The molecule has 1 heterocycles. The topological polar surface area (TPSA) is 17.1 Å². The first-order valence-corrected chi connectivity index (χ1v) is 4.71. The number of alkyl halides is 3. The highest BCUT2D eigenvalue weighted by Gasteiger charge is 2.35. The van der Waals surface area contributed by atoms with Crippen LogP contribution >= 0.6 is 11.3 Å². The van der Waals surface area contributed by atoms with E-state index in [2.05, 4.69) is 0 Å². The Labute approximate surface area is 82.9 Å². The maximum Gasteiger partial charge on any atom is 0.417 e. The van der Waals surface area contributed by atoms with Gasteiger partial charge in [0.2, 0.25) is 0 Å². The molecular weight excluding hydrogens is 213 g/mol. The largest absolute Gasteiger partial charge is 0.417 e. The van der Waals surface area contributed by atoms with Gasteiger partial charge in [0, 0.05) is 16.3 Å². The first-order valence-electron chi connectivity index (χ1n) is 3.77. The molecule has 0 fully saturated rings. The molecular formula is C9H7F3OS. The van der Waals surface area contributed by atoms with Crippen LogP contribution in [0.3, 0.4) is 0 Å². The van der Waals surface area contributed by atoms with E-state index in [0.29, 0.717) is 0 Å². The van der Waals surface area contributed by atoms with E-state index in [0.717, 1.165) is 22.8 Å². The van der Waals surface area contributed by atoms with E-state index in [4.69, 9.17) is 0 Å². The fourth-order valence-corrected chi connectivity index (χ4v) is 1.79. The third-order valence-corrected chi connectivity index (χ3v) is 2.29. The number of thiophene rings is 1. The molecule has 0 aromatic carbocycles. The first kappa shape index (κ1) is 11.0. The molecule has 1 aromatic heterocycles. The predicted octanol–water partition coefficient (Wildman–Crippen LogP) is 3.53. The molecule has 0 amide bonds. The SMILES string of the molecule is C/C=C/C(=O)c1cscc1C(F)(F)F. The van der Waals surface area contributed by atoms with Gasteiger partial charge in [-0.05, 0) is 13.0 Å².